The number of piperazine rings is 1. The lowest BCUT2D eigenvalue weighted by Gasteiger charge is -2.53. The SMILES string of the molecule is O=C(O)CCCNC(=O)N1CCN(Cc2ccccc2)C2(CCCCC2)C1. The van der Waals surface area contributed by atoms with E-state index >= 15 is 0 Å². The van der Waals surface area contributed by atoms with E-state index in [0.717, 1.165) is 39.0 Å². The first-order valence-corrected chi connectivity index (χ1v) is 10.1. The molecule has 1 aromatic carbocycles. The molecular weight excluding hydrogens is 342 g/mol. The van der Waals surface area contributed by atoms with E-state index in [2.05, 4.69) is 34.5 Å². The molecule has 0 aromatic heterocycles. The van der Waals surface area contributed by atoms with Gasteiger partial charge in [0, 0.05) is 44.7 Å². The Morgan fingerprint density at radius 2 is 1.81 bits per heavy atom. The van der Waals surface area contributed by atoms with Gasteiger partial charge in [-0.2, -0.15) is 0 Å². The molecule has 2 N–H and O–H groups in total. The van der Waals surface area contributed by atoms with Crippen LogP contribution in [0, 0.1) is 0 Å². The van der Waals surface area contributed by atoms with Gasteiger partial charge in [-0.1, -0.05) is 49.6 Å². The first-order chi connectivity index (χ1) is 13.1. The quantitative estimate of drug-likeness (QED) is 0.752. The van der Waals surface area contributed by atoms with Crippen molar-refractivity contribution in [3.05, 3.63) is 35.9 Å². The van der Waals surface area contributed by atoms with E-state index in [1.165, 1.54) is 24.8 Å². The topological polar surface area (TPSA) is 72.9 Å². The third-order valence-electron chi connectivity index (χ3n) is 5.93. The van der Waals surface area contributed by atoms with Crippen LogP contribution < -0.4 is 5.32 Å². The van der Waals surface area contributed by atoms with Crippen LogP contribution in [-0.4, -0.2) is 58.6 Å². The molecule has 3 rings (SSSR count). The average molecular weight is 373 g/mol. The molecule has 1 saturated heterocycles. The molecule has 1 aliphatic heterocycles. The van der Waals surface area contributed by atoms with Crippen LogP contribution in [0.2, 0.25) is 0 Å². The highest BCUT2D eigenvalue weighted by Gasteiger charge is 2.43. The van der Waals surface area contributed by atoms with E-state index in [-0.39, 0.29) is 18.0 Å². The number of hydrogen-bond acceptors (Lipinski definition) is 3. The molecule has 1 saturated carbocycles. The van der Waals surface area contributed by atoms with Gasteiger partial charge in [0.25, 0.3) is 0 Å². The number of carboxylic acids is 1. The van der Waals surface area contributed by atoms with Gasteiger partial charge in [0.15, 0.2) is 0 Å². The summed E-state index contributed by atoms with van der Waals surface area (Å²) in [6.07, 6.45) is 6.57. The van der Waals surface area contributed by atoms with E-state index in [4.69, 9.17) is 5.11 Å². The number of aliphatic carboxylic acids is 1. The van der Waals surface area contributed by atoms with E-state index in [0.29, 0.717) is 13.0 Å². The summed E-state index contributed by atoms with van der Waals surface area (Å²) in [4.78, 5) is 27.7. The van der Waals surface area contributed by atoms with Gasteiger partial charge < -0.3 is 15.3 Å². The first kappa shape index (κ1) is 19.7. The van der Waals surface area contributed by atoms with Gasteiger partial charge in [-0.25, -0.2) is 4.79 Å². The molecule has 6 nitrogen and oxygen atoms in total. The van der Waals surface area contributed by atoms with Crippen molar-refractivity contribution in [3.8, 4) is 0 Å². The van der Waals surface area contributed by atoms with Crippen LogP contribution in [-0.2, 0) is 11.3 Å². The molecule has 2 amide bonds. The summed E-state index contributed by atoms with van der Waals surface area (Å²) < 4.78 is 0. The van der Waals surface area contributed by atoms with Gasteiger partial charge in [0.1, 0.15) is 0 Å². The van der Waals surface area contributed by atoms with Gasteiger partial charge in [-0.3, -0.25) is 9.69 Å². The second kappa shape index (κ2) is 9.22. The first-order valence-electron chi connectivity index (χ1n) is 10.1. The fraction of sp³-hybridized carbons (Fsp3) is 0.619. The Morgan fingerprint density at radius 1 is 1.07 bits per heavy atom. The smallest absolute Gasteiger partial charge is 0.317 e. The van der Waals surface area contributed by atoms with Crippen molar-refractivity contribution in [1.29, 1.82) is 0 Å². The Morgan fingerprint density at radius 3 is 2.52 bits per heavy atom. The number of urea groups is 1. The van der Waals surface area contributed by atoms with Gasteiger partial charge in [0.05, 0.1) is 0 Å². The molecule has 2 fully saturated rings. The summed E-state index contributed by atoms with van der Waals surface area (Å²) in [5.74, 6) is -0.820. The minimum atomic E-state index is -0.820. The standard InChI is InChI=1S/C21H31N3O3/c25-19(26)10-7-13-22-20(27)23-14-15-24(16-18-8-3-1-4-9-18)21(17-23)11-5-2-6-12-21/h1,3-4,8-9H,2,5-7,10-17H2,(H,22,27)(H,25,26). The van der Waals surface area contributed by atoms with Gasteiger partial charge in [0.2, 0.25) is 0 Å². The fourth-order valence-electron chi connectivity index (χ4n) is 4.47. The maximum atomic E-state index is 12.6. The zero-order chi connectivity index (χ0) is 19.1. The number of nitrogens with zero attached hydrogens (tertiary/aromatic N) is 2. The summed E-state index contributed by atoms with van der Waals surface area (Å²) in [6, 6.07) is 10.5. The highest BCUT2D eigenvalue weighted by Crippen LogP contribution is 2.37. The Hall–Kier alpha value is -2.08. The fourth-order valence-corrected chi connectivity index (χ4v) is 4.47. The zero-order valence-corrected chi connectivity index (χ0v) is 16.0. The third kappa shape index (κ3) is 5.22. The lowest BCUT2D eigenvalue weighted by molar-refractivity contribution is -0.137. The Kier molecular flexibility index (Phi) is 6.72. The summed E-state index contributed by atoms with van der Waals surface area (Å²) in [7, 11) is 0. The van der Waals surface area contributed by atoms with Crippen molar-refractivity contribution < 1.29 is 14.7 Å². The molecule has 0 bridgehead atoms. The maximum Gasteiger partial charge on any atom is 0.317 e. The molecule has 6 heteroatoms. The number of carbonyl (C=O) groups excluding carboxylic acids is 1. The van der Waals surface area contributed by atoms with Crippen molar-refractivity contribution in [2.45, 2.75) is 57.0 Å². The van der Waals surface area contributed by atoms with E-state index in [1.54, 1.807) is 0 Å². The average Bonchev–Trinajstić information content (AvgIpc) is 2.68. The number of nitrogens with one attached hydrogen (secondary N) is 1. The Bertz CT molecular complexity index is 629. The lowest BCUT2D eigenvalue weighted by Crippen LogP contribution is -2.64. The number of carboxylic acid groups (broad SMARTS) is 1. The molecule has 0 unspecified atom stereocenters. The molecule has 148 valence electrons. The summed E-state index contributed by atoms with van der Waals surface area (Å²) in [5, 5.41) is 11.6. The minimum absolute atomic E-state index is 0.0512. The van der Waals surface area contributed by atoms with Crippen LogP contribution >= 0.6 is 0 Å². The second-order valence-electron chi connectivity index (χ2n) is 7.84. The molecule has 0 radical (unpaired) electrons. The summed E-state index contributed by atoms with van der Waals surface area (Å²) in [6.45, 7) is 3.73. The van der Waals surface area contributed by atoms with Gasteiger partial charge in [-0.15, -0.1) is 0 Å². The number of rotatable bonds is 6. The molecule has 1 aliphatic carbocycles. The largest absolute Gasteiger partial charge is 0.481 e. The van der Waals surface area contributed by atoms with Crippen LogP contribution in [0.25, 0.3) is 0 Å². The third-order valence-corrected chi connectivity index (χ3v) is 5.93. The predicted octanol–water partition coefficient (Wildman–Crippen LogP) is 3.08. The van der Waals surface area contributed by atoms with Crippen molar-refractivity contribution in [1.82, 2.24) is 15.1 Å². The number of benzene rings is 1. The molecule has 2 aliphatic rings. The number of hydrogen-bond donors (Lipinski definition) is 2. The molecular formula is C21H31N3O3. The van der Waals surface area contributed by atoms with Crippen LogP contribution in [0.15, 0.2) is 30.3 Å². The normalized spacial score (nSPS) is 19.8. The van der Waals surface area contributed by atoms with Crippen molar-refractivity contribution in [3.63, 3.8) is 0 Å². The van der Waals surface area contributed by atoms with Crippen LogP contribution in [0.1, 0.15) is 50.5 Å². The van der Waals surface area contributed by atoms with Crippen LogP contribution in [0.5, 0.6) is 0 Å². The summed E-state index contributed by atoms with van der Waals surface area (Å²) >= 11 is 0. The van der Waals surface area contributed by atoms with Crippen LogP contribution in [0.4, 0.5) is 4.79 Å². The number of carbonyl (C=O) groups is 2. The Labute approximate surface area is 161 Å². The van der Waals surface area contributed by atoms with E-state index in [9.17, 15) is 9.59 Å². The second-order valence-corrected chi connectivity index (χ2v) is 7.84. The monoisotopic (exact) mass is 373 g/mol. The van der Waals surface area contributed by atoms with Crippen molar-refractivity contribution in [2.75, 3.05) is 26.2 Å². The zero-order valence-electron chi connectivity index (χ0n) is 16.0. The Balaban J connectivity index is 1.61. The molecule has 27 heavy (non-hydrogen) atoms. The maximum absolute atomic E-state index is 12.6. The van der Waals surface area contributed by atoms with E-state index in [1.807, 2.05) is 11.0 Å². The van der Waals surface area contributed by atoms with Crippen molar-refractivity contribution in [2.24, 2.45) is 0 Å². The molecule has 1 heterocycles. The summed E-state index contributed by atoms with van der Waals surface area (Å²) in [5.41, 5.74) is 1.40. The molecule has 0 atom stereocenters. The van der Waals surface area contributed by atoms with Gasteiger partial charge >= 0.3 is 12.0 Å². The predicted molar refractivity (Wildman–Crippen MR) is 105 cm³/mol. The highest BCUT2D eigenvalue weighted by molar-refractivity contribution is 5.74. The van der Waals surface area contributed by atoms with Gasteiger partial charge in [-0.05, 0) is 24.8 Å². The molecule has 1 spiro atoms. The number of amides is 2. The highest BCUT2D eigenvalue weighted by atomic mass is 16.4. The minimum Gasteiger partial charge on any atom is -0.481 e. The van der Waals surface area contributed by atoms with Crippen molar-refractivity contribution >= 4 is 12.0 Å². The van der Waals surface area contributed by atoms with Crippen LogP contribution in [0.3, 0.4) is 0 Å². The lowest BCUT2D eigenvalue weighted by atomic mass is 9.78. The molecule has 1 aromatic rings. The van der Waals surface area contributed by atoms with E-state index < -0.39 is 5.97 Å².